The fourth-order valence-corrected chi connectivity index (χ4v) is 1.52. The van der Waals surface area contributed by atoms with Crippen molar-refractivity contribution in [2.75, 3.05) is 12.4 Å². The van der Waals surface area contributed by atoms with Gasteiger partial charge in [0.2, 0.25) is 5.91 Å². The molecule has 0 saturated carbocycles. The van der Waals surface area contributed by atoms with Gasteiger partial charge in [0.15, 0.2) is 0 Å². The van der Waals surface area contributed by atoms with Crippen molar-refractivity contribution in [1.29, 1.82) is 0 Å². The van der Waals surface area contributed by atoms with Crippen LogP contribution in [-0.2, 0) is 11.2 Å². The quantitative estimate of drug-likeness (QED) is 0.771. The lowest BCUT2D eigenvalue weighted by molar-refractivity contribution is -0.119. The van der Waals surface area contributed by atoms with Gasteiger partial charge in [-0.1, -0.05) is 26.0 Å². The van der Waals surface area contributed by atoms with Crippen molar-refractivity contribution >= 4 is 17.6 Å². The molecule has 0 heterocycles. The molecule has 1 atom stereocenters. The van der Waals surface area contributed by atoms with Crippen molar-refractivity contribution in [2.45, 2.75) is 33.2 Å². The molecule has 3 N–H and O–H groups in total. The summed E-state index contributed by atoms with van der Waals surface area (Å²) < 4.78 is 0. The molecule has 1 rings (SSSR count). The van der Waals surface area contributed by atoms with E-state index in [-0.39, 0.29) is 18.0 Å². The largest absolute Gasteiger partial charge is 0.359 e. The molecule has 0 spiro atoms. The van der Waals surface area contributed by atoms with E-state index < -0.39 is 0 Å². The summed E-state index contributed by atoms with van der Waals surface area (Å²) in [7, 11) is 1.61. The van der Waals surface area contributed by atoms with Gasteiger partial charge >= 0.3 is 6.03 Å². The smallest absolute Gasteiger partial charge is 0.319 e. The Bertz CT molecular complexity index is 455. The number of hydrogen-bond acceptors (Lipinski definition) is 2. The summed E-state index contributed by atoms with van der Waals surface area (Å²) in [6.07, 6.45) is 0.341. The second kappa shape index (κ2) is 7.53. The molecule has 0 aliphatic carbocycles. The Labute approximate surface area is 120 Å². The first-order valence-electron chi connectivity index (χ1n) is 6.79. The van der Waals surface area contributed by atoms with Crippen molar-refractivity contribution in [2.24, 2.45) is 5.92 Å². The maximum Gasteiger partial charge on any atom is 0.319 e. The summed E-state index contributed by atoms with van der Waals surface area (Å²) in [6.45, 7) is 6.08. The number of nitrogens with one attached hydrogen (secondary N) is 3. The highest BCUT2D eigenvalue weighted by Gasteiger charge is 2.10. The van der Waals surface area contributed by atoms with E-state index in [0.717, 1.165) is 5.56 Å². The summed E-state index contributed by atoms with van der Waals surface area (Å²) in [5.74, 6) is 0.352. The highest BCUT2D eigenvalue weighted by atomic mass is 16.2. The molecule has 0 radical (unpaired) electrons. The van der Waals surface area contributed by atoms with Crippen LogP contribution in [0.15, 0.2) is 24.3 Å². The normalized spacial score (nSPS) is 11.8. The molecule has 1 unspecified atom stereocenters. The molecule has 0 saturated heterocycles. The first-order chi connectivity index (χ1) is 9.42. The fraction of sp³-hybridized carbons (Fsp3) is 0.467. The lowest BCUT2D eigenvalue weighted by Crippen LogP contribution is -2.38. The minimum Gasteiger partial charge on any atom is -0.359 e. The van der Waals surface area contributed by atoms with Crippen LogP contribution in [-0.4, -0.2) is 25.0 Å². The Morgan fingerprint density at radius 3 is 2.20 bits per heavy atom. The van der Waals surface area contributed by atoms with Crippen LogP contribution in [0.2, 0.25) is 0 Å². The second-order valence-electron chi connectivity index (χ2n) is 5.18. The van der Waals surface area contributed by atoms with Crippen LogP contribution < -0.4 is 16.0 Å². The SMILES string of the molecule is CNC(=O)Cc1ccc(NC(=O)NC(C)C(C)C)cc1. The Hall–Kier alpha value is -2.04. The molecule has 0 fully saturated rings. The zero-order valence-corrected chi connectivity index (χ0v) is 12.5. The third kappa shape index (κ3) is 5.30. The van der Waals surface area contributed by atoms with Gasteiger partial charge in [-0.3, -0.25) is 4.79 Å². The van der Waals surface area contributed by atoms with Gasteiger partial charge < -0.3 is 16.0 Å². The molecule has 5 nitrogen and oxygen atoms in total. The first-order valence-corrected chi connectivity index (χ1v) is 6.79. The third-order valence-electron chi connectivity index (χ3n) is 3.21. The van der Waals surface area contributed by atoms with Gasteiger partial charge in [0, 0.05) is 18.8 Å². The average Bonchev–Trinajstić information content (AvgIpc) is 2.40. The molecule has 20 heavy (non-hydrogen) atoms. The topological polar surface area (TPSA) is 70.2 Å². The summed E-state index contributed by atoms with van der Waals surface area (Å²) in [5, 5.41) is 8.21. The number of likely N-dealkylation sites (N-methyl/N-ethyl adjacent to an activating group) is 1. The van der Waals surface area contributed by atoms with Gasteiger partial charge in [-0.25, -0.2) is 4.79 Å². The van der Waals surface area contributed by atoms with E-state index in [1.807, 2.05) is 19.1 Å². The summed E-state index contributed by atoms with van der Waals surface area (Å²) in [5.41, 5.74) is 1.62. The molecular weight excluding hydrogens is 254 g/mol. The maximum absolute atomic E-state index is 11.8. The predicted molar refractivity (Wildman–Crippen MR) is 80.7 cm³/mol. The van der Waals surface area contributed by atoms with E-state index >= 15 is 0 Å². The molecule has 3 amide bonds. The minimum absolute atomic E-state index is 0.0331. The minimum atomic E-state index is -0.217. The molecule has 110 valence electrons. The average molecular weight is 277 g/mol. The van der Waals surface area contributed by atoms with Crippen molar-refractivity contribution in [3.63, 3.8) is 0 Å². The molecule has 5 heteroatoms. The number of rotatable bonds is 5. The number of hydrogen-bond donors (Lipinski definition) is 3. The Balaban J connectivity index is 2.53. The number of urea groups is 1. The van der Waals surface area contributed by atoms with E-state index in [1.165, 1.54) is 0 Å². The van der Waals surface area contributed by atoms with Gasteiger partial charge in [0.05, 0.1) is 6.42 Å². The van der Waals surface area contributed by atoms with Gasteiger partial charge in [0.1, 0.15) is 0 Å². The van der Waals surface area contributed by atoms with Gasteiger partial charge in [0.25, 0.3) is 0 Å². The van der Waals surface area contributed by atoms with Crippen LogP contribution in [0.1, 0.15) is 26.3 Å². The Kier molecular flexibility index (Phi) is 6.03. The van der Waals surface area contributed by atoms with Crippen molar-refractivity contribution in [3.05, 3.63) is 29.8 Å². The molecular formula is C15H23N3O2. The van der Waals surface area contributed by atoms with Crippen LogP contribution in [0, 0.1) is 5.92 Å². The number of anilines is 1. The summed E-state index contributed by atoms with van der Waals surface area (Å²) >= 11 is 0. The van der Waals surface area contributed by atoms with Gasteiger partial charge in [-0.15, -0.1) is 0 Å². The molecule has 1 aromatic rings. The van der Waals surface area contributed by atoms with Crippen molar-refractivity contribution in [1.82, 2.24) is 10.6 Å². The van der Waals surface area contributed by atoms with Crippen LogP contribution >= 0.6 is 0 Å². The summed E-state index contributed by atoms with van der Waals surface area (Å²) in [6, 6.07) is 7.14. The highest BCUT2D eigenvalue weighted by Crippen LogP contribution is 2.10. The number of benzene rings is 1. The fourth-order valence-electron chi connectivity index (χ4n) is 1.52. The number of carbonyl (C=O) groups excluding carboxylic acids is 2. The molecule has 0 aliphatic heterocycles. The van der Waals surface area contributed by atoms with Crippen LogP contribution in [0.3, 0.4) is 0 Å². The van der Waals surface area contributed by atoms with Crippen LogP contribution in [0.5, 0.6) is 0 Å². The van der Waals surface area contributed by atoms with E-state index in [0.29, 0.717) is 18.0 Å². The third-order valence-corrected chi connectivity index (χ3v) is 3.21. The van der Waals surface area contributed by atoms with Gasteiger partial charge in [-0.05, 0) is 30.5 Å². The molecule has 0 aliphatic rings. The second-order valence-corrected chi connectivity index (χ2v) is 5.18. The van der Waals surface area contributed by atoms with Crippen molar-refractivity contribution in [3.8, 4) is 0 Å². The zero-order chi connectivity index (χ0) is 15.1. The molecule has 0 aromatic heterocycles. The summed E-state index contributed by atoms with van der Waals surface area (Å²) in [4.78, 5) is 23.0. The predicted octanol–water partition coefficient (Wildman–Crippen LogP) is 2.14. The Morgan fingerprint density at radius 1 is 1.10 bits per heavy atom. The van der Waals surface area contributed by atoms with Gasteiger partial charge in [-0.2, -0.15) is 0 Å². The standard InChI is InChI=1S/C15H23N3O2/c1-10(2)11(3)17-15(20)18-13-7-5-12(6-8-13)9-14(19)16-4/h5-8,10-11H,9H2,1-4H3,(H,16,19)(H2,17,18,20). The maximum atomic E-state index is 11.8. The zero-order valence-electron chi connectivity index (χ0n) is 12.5. The molecule has 1 aromatic carbocycles. The molecule has 0 bridgehead atoms. The van der Waals surface area contributed by atoms with E-state index in [4.69, 9.17) is 0 Å². The lowest BCUT2D eigenvalue weighted by atomic mass is 10.1. The van der Waals surface area contributed by atoms with Crippen molar-refractivity contribution < 1.29 is 9.59 Å². The van der Waals surface area contributed by atoms with E-state index in [2.05, 4.69) is 29.8 Å². The lowest BCUT2D eigenvalue weighted by Gasteiger charge is -2.17. The number of amides is 3. The van der Waals surface area contributed by atoms with Crippen LogP contribution in [0.25, 0.3) is 0 Å². The monoisotopic (exact) mass is 277 g/mol. The first kappa shape index (κ1) is 16.0. The highest BCUT2D eigenvalue weighted by molar-refractivity contribution is 5.89. The Morgan fingerprint density at radius 2 is 1.70 bits per heavy atom. The number of carbonyl (C=O) groups is 2. The van der Waals surface area contributed by atoms with E-state index in [9.17, 15) is 9.59 Å². The van der Waals surface area contributed by atoms with Crippen LogP contribution in [0.4, 0.5) is 10.5 Å². The van der Waals surface area contributed by atoms with E-state index in [1.54, 1.807) is 19.2 Å².